The van der Waals surface area contributed by atoms with Crippen molar-refractivity contribution in [3.05, 3.63) is 33.8 Å². The number of rotatable bonds is 2. The number of hydrogen-bond acceptors (Lipinski definition) is 1. The van der Waals surface area contributed by atoms with Crippen molar-refractivity contribution in [3.8, 4) is 0 Å². The lowest BCUT2D eigenvalue weighted by atomic mass is 9.69. The van der Waals surface area contributed by atoms with Crippen LogP contribution in [0.25, 0.3) is 0 Å². The molecule has 1 N–H and O–H groups in total. The van der Waals surface area contributed by atoms with Gasteiger partial charge in [0.25, 0.3) is 0 Å². The van der Waals surface area contributed by atoms with E-state index >= 15 is 0 Å². The van der Waals surface area contributed by atoms with E-state index in [9.17, 15) is 0 Å². The average molecular weight is 350 g/mol. The molecule has 1 fully saturated rings. The van der Waals surface area contributed by atoms with Gasteiger partial charge < -0.3 is 5.32 Å². The molecule has 0 heterocycles. The molecule has 0 spiro atoms. The van der Waals surface area contributed by atoms with E-state index < -0.39 is 0 Å². The first-order valence-electron chi connectivity index (χ1n) is 8.50. The van der Waals surface area contributed by atoms with Gasteiger partial charge in [-0.2, -0.15) is 0 Å². The molecule has 21 heavy (non-hydrogen) atoms. The smallest absolute Gasteiger partial charge is 0.0329 e. The van der Waals surface area contributed by atoms with Crippen LogP contribution in [0.5, 0.6) is 0 Å². The van der Waals surface area contributed by atoms with E-state index in [1.807, 2.05) is 0 Å². The lowest BCUT2D eigenvalue weighted by Crippen LogP contribution is -2.45. The summed E-state index contributed by atoms with van der Waals surface area (Å²) in [4.78, 5) is 0. The predicted molar refractivity (Wildman–Crippen MR) is 93.5 cm³/mol. The Kier molecular flexibility index (Phi) is 4.47. The summed E-state index contributed by atoms with van der Waals surface area (Å²) in [6.07, 6.45) is 8.00. The van der Waals surface area contributed by atoms with Gasteiger partial charge in [0.2, 0.25) is 0 Å². The first kappa shape index (κ1) is 15.6. The summed E-state index contributed by atoms with van der Waals surface area (Å²) in [6, 6.07) is 7.93. The quantitative estimate of drug-likeness (QED) is 0.729. The van der Waals surface area contributed by atoms with Crippen LogP contribution >= 0.6 is 15.9 Å². The minimum atomic E-state index is 0.413. The lowest BCUT2D eigenvalue weighted by molar-refractivity contribution is 0.123. The highest BCUT2D eigenvalue weighted by Gasteiger charge is 2.36. The number of halogens is 1. The summed E-state index contributed by atoms with van der Waals surface area (Å²) in [5.41, 5.74) is 3.47. The van der Waals surface area contributed by atoms with Crippen molar-refractivity contribution >= 4 is 15.9 Å². The Bertz CT molecular complexity index is 503. The third-order valence-electron chi connectivity index (χ3n) is 5.51. The van der Waals surface area contributed by atoms with Gasteiger partial charge in [-0.25, -0.2) is 0 Å². The van der Waals surface area contributed by atoms with Gasteiger partial charge >= 0.3 is 0 Å². The van der Waals surface area contributed by atoms with E-state index in [0.29, 0.717) is 17.5 Å². The monoisotopic (exact) mass is 349 g/mol. The molecule has 0 amide bonds. The van der Waals surface area contributed by atoms with Crippen molar-refractivity contribution < 1.29 is 0 Å². The van der Waals surface area contributed by atoms with E-state index in [4.69, 9.17) is 0 Å². The molecule has 116 valence electrons. The highest BCUT2D eigenvalue weighted by molar-refractivity contribution is 9.10. The first-order valence-corrected chi connectivity index (χ1v) is 9.29. The Morgan fingerprint density at radius 2 is 1.86 bits per heavy atom. The molecule has 2 heteroatoms. The van der Waals surface area contributed by atoms with Gasteiger partial charge in [0, 0.05) is 16.6 Å². The highest BCUT2D eigenvalue weighted by atomic mass is 79.9. The van der Waals surface area contributed by atoms with Gasteiger partial charge in [0.15, 0.2) is 0 Å². The maximum Gasteiger partial charge on any atom is 0.0329 e. The SMILES string of the molecule is CC(C)(C)C1CCCCC1NC1CCc2c(Br)cccc21. The molecule has 0 saturated heterocycles. The number of fused-ring (bicyclic) bond motifs is 1. The van der Waals surface area contributed by atoms with Gasteiger partial charge in [-0.3, -0.25) is 0 Å². The Balaban J connectivity index is 1.77. The van der Waals surface area contributed by atoms with Crippen LogP contribution in [-0.4, -0.2) is 6.04 Å². The fourth-order valence-electron chi connectivity index (χ4n) is 4.41. The fourth-order valence-corrected chi connectivity index (χ4v) is 4.99. The van der Waals surface area contributed by atoms with Crippen LogP contribution < -0.4 is 5.32 Å². The number of benzene rings is 1. The number of hydrogen-bond donors (Lipinski definition) is 1. The molecule has 0 bridgehead atoms. The average Bonchev–Trinajstić information content (AvgIpc) is 2.83. The summed E-state index contributed by atoms with van der Waals surface area (Å²) < 4.78 is 1.29. The number of nitrogens with one attached hydrogen (secondary N) is 1. The molecule has 2 aliphatic carbocycles. The molecule has 1 aromatic carbocycles. The second-order valence-electron chi connectivity index (χ2n) is 7.93. The zero-order valence-corrected chi connectivity index (χ0v) is 15.2. The van der Waals surface area contributed by atoms with Gasteiger partial charge in [0.05, 0.1) is 0 Å². The molecule has 0 radical (unpaired) electrons. The molecular formula is C19H28BrN. The fraction of sp³-hybridized carbons (Fsp3) is 0.684. The molecule has 3 rings (SSSR count). The summed E-state index contributed by atoms with van der Waals surface area (Å²) in [5.74, 6) is 0.808. The maximum atomic E-state index is 4.04. The highest BCUT2D eigenvalue weighted by Crippen LogP contribution is 2.41. The summed E-state index contributed by atoms with van der Waals surface area (Å²) in [7, 11) is 0. The molecule has 1 aromatic rings. The largest absolute Gasteiger partial charge is 0.307 e. The normalized spacial score (nSPS) is 29.4. The predicted octanol–water partition coefficient (Wildman–Crippen LogP) is 5.63. The Hall–Kier alpha value is -0.340. The van der Waals surface area contributed by atoms with Crippen molar-refractivity contribution in [1.82, 2.24) is 5.32 Å². The summed E-state index contributed by atoms with van der Waals surface area (Å²) >= 11 is 3.72. The van der Waals surface area contributed by atoms with Crippen molar-refractivity contribution in [2.45, 2.75) is 71.4 Å². The zero-order valence-electron chi connectivity index (χ0n) is 13.6. The van der Waals surface area contributed by atoms with Gasteiger partial charge in [0.1, 0.15) is 0 Å². The standard InChI is InChI=1S/C19H28BrN/c1-19(2,3)15-8-4-5-10-18(15)21-17-12-11-13-14(17)7-6-9-16(13)20/h6-7,9,15,17-18,21H,4-5,8,10-12H2,1-3H3. The maximum absolute atomic E-state index is 4.04. The molecule has 1 saturated carbocycles. The zero-order chi connectivity index (χ0) is 15.0. The first-order chi connectivity index (χ1) is 9.97. The second kappa shape index (κ2) is 6.04. The summed E-state index contributed by atoms with van der Waals surface area (Å²) in [6.45, 7) is 7.24. The lowest BCUT2D eigenvalue weighted by Gasteiger charge is -2.42. The van der Waals surface area contributed by atoms with E-state index in [0.717, 1.165) is 5.92 Å². The minimum absolute atomic E-state index is 0.413. The Labute approximate surface area is 138 Å². The summed E-state index contributed by atoms with van der Waals surface area (Å²) in [5, 5.41) is 4.04. The minimum Gasteiger partial charge on any atom is -0.307 e. The van der Waals surface area contributed by atoms with E-state index in [2.05, 4.69) is 60.2 Å². The molecule has 0 aliphatic heterocycles. The van der Waals surface area contributed by atoms with Gasteiger partial charge in [-0.1, -0.05) is 61.7 Å². The van der Waals surface area contributed by atoms with Crippen molar-refractivity contribution in [2.75, 3.05) is 0 Å². The van der Waals surface area contributed by atoms with Crippen molar-refractivity contribution in [3.63, 3.8) is 0 Å². The Morgan fingerprint density at radius 1 is 1.10 bits per heavy atom. The second-order valence-corrected chi connectivity index (χ2v) is 8.78. The van der Waals surface area contributed by atoms with Gasteiger partial charge in [-0.15, -0.1) is 0 Å². The van der Waals surface area contributed by atoms with E-state index in [1.54, 1.807) is 0 Å². The van der Waals surface area contributed by atoms with Crippen LogP contribution in [-0.2, 0) is 6.42 Å². The van der Waals surface area contributed by atoms with Crippen LogP contribution in [0, 0.1) is 11.3 Å². The molecule has 1 nitrogen and oxygen atoms in total. The molecule has 2 aliphatic rings. The van der Waals surface area contributed by atoms with Crippen LogP contribution in [0.4, 0.5) is 0 Å². The van der Waals surface area contributed by atoms with E-state index in [-0.39, 0.29) is 0 Å². The third-order valence-corrected chi connectivity index (χ3v) is 6.25. The van der Waals surface area contributed by atoms with Crippen LogP contribution in [0.1, 0.15) is 70.0 Å². The molecule has 3 atom stereocenters. The topological polar surface area (TPSA) is 12.0 Å². The van der Waals surface area contributed by atoms with E-state index in [1.165, 1.54) is 54.1 Å². The third kappa shape index (κ3) is 3.22. The van der Waals surface area contributed by atoms with Crippen LogP contribution in [0.15, 0.2) is 22.7 Å². The van der Waals surface area contributed by atoms with Crippen LogP contribution in [0.3, 0.4) is 0 Å². The Morgan fingerprint density at radius 3 is 2.62 bits per heavy atom. The van der Waals surface area contributed by atoms with Crippen molar-refractivity contribution in [2.24, 2.45) is 11.3 Å². The molecule has 3 unspecified atom stereocenters. The molecular weight excluding hydrogens is 322 g/mol. The van der Waals surface area contributed by atoms with Gasteiger partial charge in [-0.05, 0) is 54.2 Å². The molecule has 0 aromatic heterocycles. The van der Waals surface area contributed by atoms with Crippen LogP contribution in [0.2, 0.25) is 0 Å². The van der Waals surface area contributed by atoms with Crippen molar-refractivity contribution in [1.29, 1.82) is 0 Å².